The van der Waals surface area contributed by atoms with Crippen molar-refractivity contribution in [3.63, 3.8) is 0 Å². The summed E-state index contributed by atoms with van der Waals surface area (Å²) in [4.78, 5) is 35.7. The third-order valence-electron chi connectivity index (χ3n) is 5.28. The normalized spacial score (nSPS) is 15.2. The molecule has 4 rings (SSSR count). The van der Waals surface area contributed by atoms with Gasteiger partial charge in [-0.15, -0.1) is 0 Å². The lowest BCUT2D eigenvalue weighted by molar-refractivity contribution is -0.122. The number of amides is 2. The number of nitrogens with zero attached hydrogens (tertiary/aromatic N) is 3. The molecule has 3 heterocycles. The van der Waals surface area contributed by atoms with E-state index in [-0.39, 0.29) is 18.0 Å². The summed E-state index contributed by atoms with van der Waals surface area (Å²) in [6.07, 6.45) is -0.0245. The minimum Gasteiger partial charge on any atom is -0.325 e. The molecule has 1 N–H and O–H groups in total. The molecule has 9 heteroatoms. The van der Waals surface area contributed by atoms with Gasteiger partial charge in [-0.25, -0.2) is 13.2 Å². The number of halogens is 3. The van der Waals surface area contributed by atoms with E-state index in [2.05, 4.69) is 15.3 Å². The van der Waals surface area contributed by atoms with Crippen LogP contribution in [0.2, 0.25) is 0 Å². The lowest BCUT2D eigenvalue weighted by atomic mass is 9.98. The van der Waals surface area contributed by atoms with E-state index >= 15 is 0 Å². The van der Waals surface area contributed by atoms with Crippen molar-refractivity contribution in [2.24, 2.45) is 0 Å². The van der Waals surface area contributed by atoms with Crippen molar-refractivity contribution in [3.8, 4) is 11.1 Å². The van der Waals surface area contributed by atoms with Gasteiger partial charge in [0.1, 0.15) is 12.4 Å². The van der Waals surface area contributed by atoms with E-state index in [9.17, 15) is 22.8 Å². The quantitative estimate of drug-likeness (QED) is 0.643. The third kappa shape index (κ3) is 4.05. The third-order valence-corrected chi connectivity index (χ3v) is 5.28. The summed E-state index contributed by atoms with van der Waals surface area (Å²) in [5, 5.41) is 2.62. The summed E-state index contributed by atoms with van der Waals surface area (Å²) in [5.74, 6) is -2.16. The smallest absolute Gasteiger partial charge is 0.263 e. The minimum absolute atomic E-state index is 0.158. The highest BCUT2D eigenvalue weighted by Gasteiger charge is 2.34. The van der Waals surface area contributed by atoms with Gasteiger partial charge in [0.15, 0.2) is 0 Å². The van der Waals surface area contributed by atoms with E-state index in [1.807, 2.05) is 0 Å². The Hall–Kier alpha value is -3.75. The molecule has 1 aromatic carbocycles. The highest BCUT2D eigenvalue weighted by atomic mass is 19.3. The molecule has 2 aromatic heterocycles. The number of aromatic nitrogens is 2. The zero-order valence-electron chi connectivity index (χ0n) is 17.3. The summed E-state index contributed by atoms with van der Waals surface area (Å²) in [5.41, 5.74) is 2.53. The van der Waals surface area contributed by atoms with Crippen LogP contribution in [0.1, 0.15) is 36.2 Å². The molecular weight excluding hydrogens is 421 g/mol. The number of anilines is 2. The standard InChI is InChI=1S/C23H19F3N4O2/c1-12-7-19-18(10-27-12)17-8-15(24)9-28-21(17)13(2)23(32)30(19)11-20(31)29-16-5-3-14(4-6-16)22(25)26/h3-10,13,22H,11H2,1-2H3,(H,29,31). The summed E-state index contributed by atoms with van der Waals surface area (Å²) >= 11 is 0. The van der Waals surface area contributed by atoms with Crippen LogP contribution in [-0.4, -0.2) is 28.3 Å². The van der Waals surface area contributed by atoms with Crippen molar-refractivity contribution < 1.29 is 22.8 Å². The first-order chi connectivity index (χ1) is 15.2. The number of hydrogen-bond donors (Lipinski definition) is 1. The largest absolute Gasteiger partial charge is 0.325 e. The number of rotatable bonds is 4. The Morgan fingerprint density at radius 3 is 2.53 bits per heavy atom. The highest BCUT2D eigenvalue weighted by Crippen LogP contribution is 2.40. The summed E-state index contributed by atoms with van der Waals surface area (Å²) in [6, 6.07) is 8.15. The van der Waals surface area contributed by atoms with Gasteiger partial charge < -0.3 is 10.2 Å². The van der Waals surface area contributed by atoms with Gasteiger partial charge in [-0.05, 0) is 38.1 Å². The van der Waals surface area contributed by atoms with Crippen molar-refractivity contribution in [3.05, 3.63) is 71.6 Å². The Kier molecular flexibility index (Phi) is 5.65. The first-order valence-corrected chi connectivity index (χ1v) is 9.86. The minimum atomic E-state index is -2.61. The van der Waals surface area contributed by atoms with Crippen LogP contribution in [0, 0.1) is 12.7 Å². The average Bonchev–Trinajstić information content (AvgIpc) is 2.83. The number of fused-ring (bicyclic) bond motifs is 3. The molecule has 0 bridgehead atoms. The van der Waals surface area contributed by atoms with E-state index in [0.29, 0.717) is 33.9 Å². The number of alkyl halides is 2. The van der Waals surface area contributed by atoms with Crippen LogP contribution in [0.3, 0.4) is 0 Å². The molecule has 0 saturated carbocycles. The SMILES string of the molecule is Cc1cc2c(cn1)-c1cc(F)cnc1C(C)C(=O)N2CC(=O)Nc1ccc(C(F)F)cc1. The van der Waals surface area contributed by atoms with Crippen molar-refractivity contribution in [2.45, 2.75) is 26.2 Å². The molecule has 6 nitrogen and oxygen atoms in total. The van der Waals surface area contributed by atoms with E-state index in [4.69, 9.17) is 0 Å². The van der Waals surface area contributed by atoms with Crippen LogP contribution in [0.5, 0.6) is 0 Å². The van der Waals surface area contributed by atoms with Crippen molar-refractivity contribution in [1.82, 2.24) is 9.97 Å². The lowest BCUT2D eigenvalue weighted by Crippen LogP contribution is -2.40. The number of nitrogens with one attached hydrogen (secondary N) is 1. The first-order valence-electron chi connectivity index (χ1n) is 9.86. The number of carbonyl (C=O) groups is 2. The average molecular weight is 440 g/mol. The molecule has 2 amide bonds. The number of carbonyl (C=O) groups excluding carboxylic acids is 2. The molecule has 0 aliphatic carbocycles. The van der Waals surface area contributed by atoms with Gasteiger partial charge in [-0.3, -0.25) is 19.6 Å². The topological polar surface area (TPSA) is 75.2 Å². The lowest BCUT2D eigenvalue weighted by Gasteiger charge is -2.24. The number of pyridine rings is 2. The molecule has 0 fully saturated rings. The highest BCUT2D eigenvalue weighted by molar-refractivity contribution is 6.09. The van der Waals surface area contributed by atoms with E-state index in [1.165, 1.54) is 41.4 Å². The molecule has 0 radical (unpaired) electrons. The van der Waals surface area contributed by atoms with Crippen molar-refractivity contribution in [2.75, 3.05) is 16.8 Å². The molecule has 164 valence electrons. The monoisotopic (exact) mass is 440 g/mol. The summed E-state index contributed by atoms with van der Waals surface area (Å²) < 4.78 is 39.4. The van der Waals surface area contributed by atoms with Crippen LogP contribution < -0.4 is 10.2 Å². The Morgan fingerprint density at radius 1 is 1.12 bits per heavy atom. The van der Waals surface area contributed by atoms with Crippen molar-refractivity contribution in [1.29, 1.82) is 0 Å². The molecule has 1 aliphatic rings. The summed E-state index contributed by atoms with van der Waals surface area (Å²) in [6.45, 7) is 3.06. The van der Waals surface area contributed by atoms with Crippen LogP contribution in [0.4, 0.5) is 24.5 Å². The van der Waals surface area contributed by atoms with E-state index in [1.54, 1.807) is 19.9 Å². The fraction of sp³-hybridized carbons (Fsp3) is 0.217. The Bertz CT molecular complexity index is 1200. The van der Waals surface area contributed by atoms with E-state index < -0.39 is 24.1 Å². The number of hydrogen-bond acceptors (Lipinski definition) is 4. The Labute approximate surface area is 182 Å². The first kappa shape index (κ1) is 21.5. The zero-order valence-corrected chi connectivity index (χ0v) is 17.3. The molecule has 1 atom stereocenters. The fourth-order valence-electron chi connectivity index (χ4n) is 3.68. The van der Waals surface area contributed by atoms with Crippen LogP contribution in [0.25, 0.3) is 11.1 Å². The van der Waals surface area contributed by atoms with Crippen LogP contribution >= 0.6 is 0 Å². The van der Waals surface area contributed by atoms with Gasteiger partial charge in [0.05, 0.1) is 23.5 Å². The maximum Gasteiger partial charge on any atom is 0.263 e. The Balaban J connectivity index is 1.67. The van der Waals surface area contributed by atoms with Crippen LogP contribution in [-0.2, 0) is 9.59 Å². The zero-order chi connectivity index (χ0) is 23.0. The van der Waals surface area contributed by atoms with Gasteiger partial charge in [-0.2, -0.15) is 0 Å². The molecule has 3 aromatic rings. The maximum atomic E-state index is 14.0. The second kappa shape index (κ2) is 8.41. The molecule has 32 heavy (non-hydrogen) atoms. The second-order valence-corrected chi connectivity index (χ2v) is 7.55. The van der Waals surface area contributed by atoms with Gasteiger partial charge in [0.25, 0.3) is 6.43 Å². The van der Waals surface area contributed by atoms with Gasteiger partial charge in [-0.1, -0.05) is 12.1 Å². The second-order valence-electron chi connectivity index (χ2n) is 7.55. The molecule has 0 spiro atoms. The fourth-order valence-corrected chi connectivity index (χ4v) is 3.68. The van der Waals surface area contributed by atoms with Gasteiger partial charge >= 0.3 is 0 Å². The van der Waals surface area contributed by atoms with E-state index in [0.717, 1.165) is 6.20 Å². The molecule has 1 aliphatic heterocycles. The molecular formula is C23H19F3N4O2. The number of aryl methyl sites for hydroxylation is 1. The van der Waals surface area contributed by atoms with Crippen molar-refractivity contribution >= 4 is 23.2 Å². The maximum absolute atomic E-state index is 14.0. The predicted octanol–water partition coefficient (Wildman–Crippen LogP) is 4.62. The molecule has 1 unspecified atom stereocenters. The summed E-state index contributed by atoms with van der Waals surface area (Å²) in [7, 11) is 0. The number of benzene rings is 1. The Morgan fingerprint density at radius 2 is 1.84 bits per heavy atom. The molecule has 0 saturated heterocycles. The van der Waals surface area contributed by atoms with Gasteiger partial charge in [0.2, 0.25) is 11.8 Å². The van der Waals surface area contributed by atoms with Gasteiger partial charge in [0, 0.05) is 34.3 Å². The van der Waals surface area contributed by atoms with Crippen LogP contribution in [0.15, 0.2) is 48.8 Å². The predicted molar refractivity (Wildman–Crippen MR) is 113 cm³/mol.